The number of nitrogens with two attached hydrogens (primary N) is 2. The second-order valence-electron chi connectivity index (χ2n) is 0.729. The van der Waals surface area contributed by atoms with Crippen LogP contribution >= 0.6 is 0 Å². The van der Waals surface area contributed by atoms with Crippen LogP contribution in [0.3, 0.4) is 0 Å². The summed E-state index contributed by atoms with van der Waals surface area (Å²) in [6.07, 6.45) is 0. The first kappa shape index (κ1) is 15.8. The van der Waals surface area contributed by atoms with Crippen molar-refractivity contribution in [2.24, 2.45) is 11.5 Å². The van der Waals surface area contributed by atoms with E-state index in [1.54, 1.807) is 0 Å². The van der Waals surface area contributed by atoms with Crippen LogP contribution in [0.25, 0.3) is 0 Å². The Morgan fingerprint density at radius 2 is 1.00 bits per heavy atom. The van der Waals surface area contributed by atoms with Gasteiger partial charge in [-0.3, -0.25) is 9.59 Å². The molecular weight excluding hydrogens is 112 g/mol. The molecule has 0 spiro atoms. The average Bonchev–Trinajstić information content (AvgIpc) is 1.36. The lowest BCUT2D eigenvalue weighted by atomic mass is 10.6. The number of carbonyl (C=O) groups excluding carboxylic acids is 2. The molecule has 0 fully saturated rings. The maximum absolute atomic E-state index is 9.45. The highest BCUT2D eigenvalue weighted by atomic mass is 16.2. The van der Waals surface area contributed by atoms with Gasteiger partial charge < -0.3 is 23.8 Å². The largest absolute Gasteiger partial charge is 0.361 e. The summed E-state index contributed by atoms with van der Waals surface area (Å²) < 4.78 is 0. The van der Waals surface area contributed by atoms with Gasteiger partial charge in [0.25, 0.3) is 0 Å². The summed E-state index contributed by atoms with van der Waals surface area (Å²) >= 11 is 0. The van der Waals surface area contributed by atoms with Gasteiger partial charge in [-0.05, 0) is 0 Å². The number of rotatable bonds is 0. The summed E-state index contributed by atoms with van der Waals surface area (Å²) in [6.45, 7) is 0. The molecule has 8 heavy (non-hydrogen) atoms. The second kappa shape index (κ2) is 5.86. The summed E-state index contributed by atoms with van der Waals surface area (Å²) in [5.41, 5.74) is 8.64. The van der Waals surface area contributed by atoms with E-state index in [4.69, 9.17) is 0 Å². The van der Waals surface area contributed by atoms with Crippen LogP contribution in [0, 0.1) is 0 Å². The summed E-state index contributed by atoms with van der Waals surface area (Å²) in [6, 6.07) is 0. The Hall–Kier alpha value is -1.14. The fourth-order valence-electron chi connectivity index (χ4n) is 0. The van der Waals surface area contributed by atoms with Gasteiger partial charge in [0.1, 0.15) is 0 Å². The third-order valence-corrected chi connectivity index (χ3v) is 0.243. The minimum atomic E-state index is -1.10. The van der Waals surface area contributed by atoms with Crippen LogP contribution in [-0.4, -0.2) is 11.8 Å². The molecule has 6 heteroatoms. The molecule has 0 aromatic heterocycles. The zero-order valence-electron chi connectivity index (χ0n) is 4.39. The lowest BCUT2D eigenvalue weighted by molar-refractivity contribution is -0.135. The second-order valence-corrected chi connectivity index (χ2v) is 0.729. The minimum Gasteiger partial charge on any atom is -0.361 e. The van der Waals surface area contributed by atoms with Crippen molar-refractivity contribution in [1.82, 2.24) is 12.3 Å². The van der Waals surface area contributed by atoms with Crippen molar-refractivity contribution >= 4 is 11.8 Å². The van der Waals surface area contributed by atoms with Crippen molar-refractivity contribution in [3.05, 3.63) is 0 Å². The number of primary amides is 2. The summed E-state index contributed by atoms with van der Waals surface area (Å²) in [4.78, 5) is 18.9. The molecule has 0 aliphatic heterocycles. The highest BCUT2D eigenvalue weighted by Gasteiger charge is 1.96. The fourth-order valence-corrected chi connectivity index (χ4v) is 0. The Morgan fingerprint density at radius 1 is 0.875 bits per heavy atom. The zero-order valence-corrected chi connectivity index (χ0v) is 4.39. The smallest absolute Gasteiger partial charge is 0.306 e. The predicted molar refractivity (Wildman–Crippen MR) is 28.4 cm³/mol. The maximum Gasteiger partial charge on any atom is 0.306 e. The molecule has 2 amide bonds. The molecule has 0 atom stereocenters. The minimum absolute atomic E-state index is 0. The molecule has 0 unspecified atom stereocenters. The van der Waals surface area contributed by atoms with Crippen molar-refractivity contribution in [1.29, 1.82) is 0 Å². The van der Waals surface area contributed by atoms with Crippen molar-refractivity contribution < 1.29 is 9.59 Å². The molecule has 10 N–H and O–H groups in total. The molecule has 50 valence electrons. The Labute approximate surface area is 46.4 Å². The Morgan fingerprint density at radius 3 is 1.00 bits per heavy atom. The van der Waals surface area contributed by atoms with Gasteiger partial charge in [-0.1, -0.05) is 0 Å². The first-order valence-electron chi connectivity index (χ1n) is 1.24. The molecule has 0 radical (unpaired) electrons. The van der Waals surface area contributed by atoms with E-state index >= 15 is 0 Å². The first-order chi connectivity index (χ1) is 2.64. The van der Waals surface area contributed by atoms with Crippen LogP contribution in [0.1, 0.15) is 0 Å². The highest BCUT2D eigenvalue weighted by molar-refractivity contribution is 6.33. The summed E-state index contributed by atoms with van der Waals surface area (Å²) in [5.74, 6) is -2.20. The van der Waals surface area contributed by atoms with Crippen molar-refractivity contribution in [3.8, 4) is 0 Å². The van der Waals surface area contributed by atoms with E-state index in [0.29, 0.717) is 0 Å². The van der Waals surface area contributed by atoms with E-state index in [0.717, 1.165) is 0 Å². The van der Waals surface area contributed by atoms with Crippen molar-refractivity contribution in [3.63, 3.8) is 0 Å². The summed E-state index contributed by atoms with van der Waals surface area (Å²) in [5, 5.41) is 0. The molecule has 6 nitrogen and oxygen atoms in total. The van der Waals surface area contributed by atoms with Crippen LogP contribution in [-0.2, 0) is 9.59 Å². The normalized spacial score (nSPS) is 5.50. The lowest BCUT2D eigenvalue weighted by Crippen LogP contribution is -2.29. The molecule has 0 heterocycles. The molecule has 0 saturated carbocycles. The summed E-state index contributed by atoms with van der Waals surface area (Å²) in [7, 11) is 0. The van der Waals surface area contributed by atoms with Gasteiger partial charge >= 0.3 is 11.8 Å². The standard InChI is InChI=1S/C2H4N2O2.2H3N/c3-1(5)2(4)6;;/h(H2,3,5)(H2,4,6);2*1H3. The molecule has 0 bridgehead atoms. The van der Waals surface area contributed by atoms with Gasteiger partial charge in [0.15, 0.2) is 0 Å². The predicted octanol–water partition coefficient (Wildman–Crippen LogP) is -1.72. The molecular formula is C2H10N4O2. The molecule has 0 rings (SSSR count). The topological polar surface area (TPSA) is 156 Å². The van der Waals surface area contributed by atoms with E-state index < -0.39 is 11.8 Å². The lowest BCUT2D eigenvalue weighted by Gasteiger charge is -1.75. The third-order valence-electron chi connectivity index (χ3n) is 0.243. The fraction of sp³-hybridized carbons (Fsp3) is 0. The van der Waals surface area contributed by atoms with E-state index in [1.807, 2.05) is 0 Å². The van der Waals surface area contributed by atoms with Crippen molar-refractivity contribution in [2.75, 3.05) is 0 Å². The first-order valence-corrected chi connectivity index (χ1v) is 1.24. The molecule has 0 aliphatic carbocycles. The molecule has 0 aromatic carbocycles. The highest BCUT2D eigenvalue weighted by Crippen LogP contribution is 1.44. The number of carbonyl (C=O) groups is 2. The maximum atomic E-state index is 9.45. The van der Waals surface area contributed by atoms with Gasteiger partial charge in [-0.2, -0.15) is 0 Å². The molecule has 0 aliphatic rings. The SMILES string of the molecule is N.N.NC(=O)C(N)=O. The monoisotopic (exact) mass is 122 g/mol. The van der Waals surface area contributed by atoms with Gasteiger partial charge in [0.05, 0.1) is 0 Å². The van der Waals surface area contributed by atoms with Crippen LogP contribution in [0.4, 0.5) is 0 Å². The van der Waals surface area contributed by atoms with Crippen LogP contribution < -0.4 is 23.8 Å². The van der Waals surface area contributed by atoms with E-state index in [1.165, 1.54) is 0 Å². The number of amides is 2. The number of hydrogen-bond donors (Lipinski definition) is 4. The van der Waals surface area contributed by atoms with Gasteiger partial charge in [0, 0.05) is 0 Å². The van der Waals surface area contributed by atoms with Gasteiger partial charge in [0.2, 0.25) is 0 Å². The van der Waals surface area contributed by atoms with E-state index in [-0.39, 0.29) is 12.3 Å². The average molecular weight is 122 g/mol. The quantitative estimate of drug-likeness (QED) is 0.282. The van der Waals surface area contributed by atoms with E-state index in [2.05, 4.69) is 11.5 Å². The van der Waals surface area contributed by atoms with Crippen LogP contribution in [0.2, 0.25) is 0 Å². The van der Waals surface area contributed by atoms with Crippen LogP contribution in [0.15, 0.2) is 0 Å². The van der Waals surface area contributed by atoms with Gasteiger partial charge in [-0.15, -0.1) is 0 Å². The van der Waals surface area contributed by atoms with E-state index in [9.17, 15) is 9.59 Å². The molecule has 0 saturated heterocycles. The zero-order chi connectivity index (χ0) is 5.15. The third kappa shape index (κ3) is 8.85. The van der Waals surface area contributed by atoms with Crippen molar-refractivity contribution in [2.45, 2.75) is 0 Å². The van der Waals surface area contributed by atoms with Gasteiger partial charge in [-0.25, -0.2) is 0 Å². The Balaban J connectivity index is -0.000000125. The number of hydrogen-bond acceptors (Lipinski definition) is 4. The Kier molecular flexibility index (Phi) is 11.6. The van der Waals surface area contributed by atoms with Crippen LogP contribution in [0.5, 0.6) is 0 Å². The molecule has 0 aromatic rings. The Bertz CT molecular complexity index is 78.0.